The lowest BCUT2D eigenvalue weighted by molar-refractivity contribution is 0.392. The Morgan fingerprint density at radius 3 is 2.30 bits per heavy atom. The molecule has 0 atom stereocenters. The number of halogens is 1. The second-order valence-electron chi connectivity index (χ2n) is 4.00. The Balaban J connectivity index is 2.32. The molecule has 0 amide bonds. The summed E-state index contributed by atoms with van der Waals surface area (Å²) in [5, 5.41) is 9.23. The maximum atomic E-state index is 9.23. The van der Waals surface area contributed by atoms with Gasteiger partial charge in [-0.3, -0.25) is 4.99 Å². The first-order chi connectivity index (χ1) is 9.63. The van der Waals surface area contributed by atoms with Crippen LogP contribution in [-0.2, 0) is 0 Å². The minimum absolute atomic E-state index is 0.216. The molecule has 0 saturated carbocycles. The van der Waals surface area contributed by atoms with Crippen molar-refractivity contribution in [3.05, 3.63) is 46.4 Å². The summed E-state index contributed by atoms with van der Waals surface area (Å²) in [6.07, 6.45) is 1.70. The van der Waals surface area contributed by atoms with E-state index in [0.29, 0.717) is 11.5 Å². The zero-order valence-corrected chi connectivity index (χ0v) is 12.7. The molecule has 20 heavy (non-hydrogen) atoms. The van der Waals surface area contributed by atoms with Gasteiger partial charge in [-0.15, -0.1) is 0 Å². The first-order valence-corrected chi connectivity index (χ1v) is 6.68. The molecule has 4 nitrogen and oxygen atoms in total. The van der Waals surface area contributed by atoms with Gasteiger partial charge in [-0.2, -0.15) is 0 Å². The van der Waals surface area contributed by atoms with E-state index in [9.17, 15) is 5.11 Å². The van der Waals surface area contributed by atoms with Crippen molar-refractivity contribution in [2.75, 3.05) is 14.2 Å². The molecule has 0 bridgehead atoms. The van der Waals surface area contributed by atoms with Gasteiger partial charge >= 0.3 is 0 Å². The summed E-state index contributed by atoms with van der Waals surface area (Å²) in [4.78, 5) is 4.35. The standard InChI is InChI=1S/C15H14BrNO3/c1-19-14-8-15(20-2)13(16)7-10(14)9-17-11-3-5-12(18)6-4-11/h3-9,18H,1-2H3. The number of methoxy groups -OCH3 is 2. The Bertz CT molecular complexity index is 624. The van der Waals surface area contributed by atoms with E-state index in [4.69, 9.17) is 9.47 Å². The van der Waals surface area contributed by atoms with Gasteiger partial charge in [0.25, 0.3) is 0 Å². The lowest BCUT2D eigenvalue weighted by Crippen LogP contribution is -1.93. The summed E-state index contributed by atoms with van der Waals surface area (Å²) in [5.41, 5.74) is 1.57. The number of hydrogen-bond acceptors (Lipinski definition) is 4. The molecule has 0 aliphatic carbocycles. The van der Waals surface area contributed by atoms with Crippen molar-refractivity contribution in [1.82, 2.24) is 0 Å². The summed E-state index contributed by atoms with van der Waals surface area (Å²) in [5.74, 6) is 1.59. The molecule has 0 unspecified atom stereocenters. The highest BCUT2D eigenvalue weighted by Crippen LogP contribution is 2.32. The number of ether oxygens (including phenoxy) is 2. The minimum Gasteiger partial charge on any atom is -0.508 e. The number of phenols is 1. The van der Waals surface area contributed by atoms with Crippen LogP contribution in [0.5, 0.6) is 17.2 Å². The number of aliphatic imine (C=N–C) groups is 1. The van der Waals surface area contributed by atoms with Gasteiger partial charge in [0.15, 0.2) is 0 Å². The number of hydrogen-bond donors (Lipinski definition) is 1. The zero-order valence-electron chi connectivity index (χ0n) is 11.1. The first kappa shape index (κ1) is 14.4. The van der Waals surface area contributed by atoms with Crippen molar-refractivity contribution < 1.29 is 14.6 Å². The maximum absolute atomic E-state index is 9.23. The van der Waals surface area contributed by atoms with Gasteiger partial charge in [0.2, 0.25) is 0 Å². The lowest BCUT2D eigenvalue weighted by Gasteiger charge is -2.09. The Labute approximate surface area is 125 Å². The van der Waals surface area contributed by atoms with Gasteiger partial charge in [-0.1, -0.05) is 0 Å². The molecule has 2 rings (SSSR count). The van der Waals surface area contributed by atoms with Crippen LogP contribution in [0.3, 0.4) is 0 Å². The van der Waals surface area contributed by atoms with E-state index < -0.39 is 0 Å². The predicted molar refractivity (Wildman–Crippen MR) is 82.6 cm³/mol. The molecule has 1 N–H and O–H groups in total. The van der Waals surface area contributed by atoms with Crippen LogP contribution in [0.2, 0.25) is 0 Å². The molecule has 5 heteroatoms. The largest absolute Gasteiger partial charge is 0.508 e. The summed E-state index contributed by atoms with van der Waals surface area (Å²) in [6, 6.07) is 10.3. The number of benzene rings is 2. The number of rotatable bonds is 4. The van der Waals surface area contributed by atoms with Crippen LogP contribution in [0.25, 0.3) is 0 Å². The number of aromatic hydroxyl groups is 1. The van der Waals surface area contributed by atoms with E-state index in [1.807, 2.05) is 6.07 Å². The van der Waals surface area contributed by atoms with Crippen molar-refractivity contribution >= 4 is 27.8 Å². The Morgan fingerprint density at radius 2 is 1.70 bits per heavy atom. The van der Waals surface area contributed by atoms with Gasteiger partial charge in [0.05, 0.1) is 24.4 Å². The molecule has 104 valence electrons. The molecule has 0 aliphatic rings. The van der Waals surface area contributed by atoms with E-state index in [1.54, 1.807) is 50.8 Å². The van der Waals surface area contributed by atoms with Gasteiger partial charge in [0.1, 0.15) is 17.2 Å². The Kier molecular flexibility index (Phi) is 4.63. The molecule has 0 fully saturated rings. The fourth-order valence-corrected chi connectivity index (χ4v) is 2.19. The summed E-state index contributed by atoms with van der Waals surface area (Å²) < 4.78 is 11.4. The third-order valence-electron chi connectivity index (χ3n) is 2.71. The highest BCUT2D eigenvalue weighted by atomic mass is 79.9. The molecular weight excluding hydrogens is 322 g/mol. The van der Waals surface area contributed by atoms with Crippen LogP contribution in [0.4, 0.5) is 5.69 Å². The molecule has 2 aromatic rings. The van der Waals surface area contributed by atoms with E-state index in [2.05, 4.69) is 20.9 Å². The van der Waals surface area contributed by atoms with Gasteiger partial charge < -0.3 is 14.6 Å². The molecule has 0 radical (unpaired) electrons. The third kappa shape index (κ3) is 3.30. The normalized spacial score (nSPS) is 10.8. The molecule has 0 heterocycles. The molecule has 0 aliphatic heterocycles. The van der Waals surface area contributed by atoms with Crippen LogP contribution in [0.1, 0.15) is 5.56 Å². The van der Waals surface area contributed by atoms with E-state index in [0.717, 1.165) is 15.7 Å². The summed E-state index contributed by atoms with van der Waals surface area (Å²) in [6.45, 7) is 0. The van der Waals surface area contributed by atoms with Crippen molar-refractivity contribution in [2.24, 2.45) is 4.99 Å². The monoisotopic (exact) mass is 335 g/mol. The van der Waals surface area contributed by atoms with Gasteiger partial charge in [-0.25, -0.2) is 0 Å². The molecular formula is C15H14BrNO3. The fourth-order valence-electron chi connectivity index (χ4n) is 1.67. The quantitative estimate of drug-likeness (QED) is 0.861. The highest BCUT2D eigenvalue weighted by Gasteiger charge is 2.07. The van der Waals surface area contributed by atoms with Crippen LogP contribution < -0.4 is 9.47 Å². The molecule has 0 saturated heterocycles. The van der Waals surface area contributed by atoms with Gasteiger partial charge in [0, 0.05) is 17.8 Å². The lowest BCUT2D eigenvalue weighted by atomic mass is 10.2. The van der Waals surface area contributed by atoms with Gasteiger partial charge in [-0.05, 0) is 46.3 Å². The Morgan fingerprint density at radius 1 is 1.05 bits per heavy atom. The summed E-state index contributed by atoms with van der Waals surface area (Å²) in [7, 11) is 3.20. The van der Waals surface area contributed by atoms with Crippen molar-refractivity contribution in [3.8, 4) is 17.2 Å². The van der Waals surface area contributed by atoms with Crippen molar-refractivity contribution in [3.63, 3.8) is 0 Å². The smallest absolute Gasteiger partial charge is 0.136 e. The van der Waals surface area contributed by atoms with Crippen molar-refractivity contribution in [1.29, 1.82) is 0 Å². The second-order valence-corrected chi connectivity index (χ2v) is 4.86. The molecule has 0 aromatic heterocycles. The van der Waals surface area contributed by atoms with Crippen LogP contribution >= 0.6 is 15.9 Å². The minimum atomic E-state index is 0.216. The highest BCUT2D eigenvalue weighted by molar-refractivity contribution is 9.10. The number of nitrogens with zero attached hydrogens (tertiary/aromatic N) is 1. The SMILES string of the molecule is COc1cc(OC)c(C=Nc2ccc(O)cc2)cc1Br. The average Bonchev–Trinajstić information content (AvgIpc) is 2.46. The maximum Gasteiger partial charge on any atom is 0.136 e. The zero-order chi connectivity index (χ0) is 14.5. The third-order valence-corrected chi connectivity index (χ3v) is 3.33. The van der Waals surface area contributed by atoms with E-state index in [1.165, 1.54) is 0 Å². The van der Waals surface area contributed by atoms with E-state index >= 15 is 0 Å². The summed E-state index contributed by atoms with van der Waals surface area (Å²) >= 11 is 3.43. The van der Waals surface area contributed by atoms with Crippen LogP contribution in [0, 0.1) is 0 Å². The first-order valence-electron chi connectivity index (χ1n) is 5.88. The second kappa shape index (κ2) is 6.43. The van der Waals surface area contributed by atoms with Crippen molar-refractivity contribution in [2.45, 2.75) is 0 Å². The molecule has 0 spiro atoms. The topological polar surface area (TPSA) is 51.0 Å². The predicted octanol–water partition coefficient (Wildman–Crippen LogP) is 3.92. The Hall–Kier alpha value is -2.01. The fraction of sp³-hybridized carbons (Fsp3) is 0.133. The van der Waals surface area contributed by atoms with Crippen LogP contribution in [0.15, 0.2) is 45.9 Å². The molecule has 2 aromatic carbocycles. The number of phenolic OH excluding ortho intramolecular Hbond substituents is 1. The average molecular weight is 336 g/mol. The van der Waals surface area contributed by atoms with Crippen LogP contribution in [-0.4, -0.2) is 25.5 Å². The van der Waals surface area contributed by atoms with E-state index in [-0.39, 0.29) is 5.75 Å².